The van der Waals surface area contributed by atoms with Gasteiger partial charge in [-0.1, -0.05) is 0 Å². The quantitative estimate of drug-likeness (QED) is 0.934. The largest absolute Gasteiger partial charge is 0.434 e. The molecule has 22 heavy (non-hydrogen) atoms. The van der Waals surface area contributed by atoms with Crippen molar-refractivity contribution in [1.29, 1.82) is 0 Å². The molecule has 0 amide bonds. The summed E-state index contributed by atoms with van der Waals surface area (Å²) in [6, 6.07) is 3.01. The number of aromatic nitrogens is 2. The van der Waals surface area contributed by atoms with Gasteiger partial charge in [0.1, 0.15) is 17.8 Å². The van der Waals surface area contributed by atoms with Crippen LogP contribution < -0.4 is 15.4 Å². The van der Waals surface area contributed by atoms with E-state index in [4.69, 9.17) is 15.2 Å². The summed E-state index contributed by atoms with van der Waals surface area (Å²) >= 11 is 0. The fourth-order valence-electron chi connectivity index (χ4n) is 2.14. The van der Waals surface area contributed by atoms with E-state index in [0.717, 1.165) is 12.1 Å². The molecule has 6 nitrogen and oxygen atoms in total. The van der Waals surface area contributed by atoms with Crippen molar-refractivity contribution >= 4 is 11.5 Å². The highest BCUT2D eigenvalue weighted by Gasteiger charge is 2.19. The lowest BCUT2D eigenvalue weighted by Crippen LogP contribution is -2.37. The van der Waals surface area contributed by atoms with E-state index in [9.17, 15) is 8.78 Å². The zero-order valence-corrected chi connectivity index (χ0v) is 11.6. The Kier molecular flexibility index (Phi) is 4.01. The second kappa shape index (κ2) is 6.10. The summed E-state index contributed by atoms with van der Waals surface area (Å²) in [6.07, 6.45) is 1.29. The van der Waals surface area contributed by atoms with Crippen molar-refractivity contribution in [3.8, 4) is 11.6 Å². The number of nitrogens with two attached hydrogens (primary N) is 1. The molecule has 1 fully saturated rings. The van der Waals surface area contributed by atoms with Crippen molar-refractivity contribution in [1.82, 2.24) is 9.97 Å². The van der Waals surface area contributed by atoms with Crippen LogP contribution in [0.15, 0.2) is 24.5 Å². The molecular formula is C14H14F2N4O2. The predicted octanol–water partition coefficient (Wildman–Crippen LogP) is 1.97. The van der Waals surface area contributed by atoms with Crippen LogP contribution in [0.25, 0.3) is 0 Å². The molecule has 2 aromatic rings. The number of nitrogen functional groups attached to an aromatic ring is 1. The summed E-state index contributed by atoms with van der Waals surface area (Å²) in [4.78, 5) is 10.00. The van der Waals surface area contributed by atoms with Crippen LogP contribution >= 0.6 is 0 Å². The van der Waals surface area contributed by atoms with Gasteiger partial charge in [0.15, 0.2) is 17.4 Å². The summed E-state index contributed by atoms with van der Waals surface area (Å²) in [7, 11) is 0. The first kappa shape index (κ1) is 14.5. The molecule has 0 bridgehead atoms. The molecule has 116 valence electrons. The molecule has 0 radical (unpaired) electrons. The van der Waals surface area contributed by atoms with Crippen LogP contribution in [0.5, 0.6) is 11.6 Å². The Morgan fingerprint density at radius 2 is 1.95 bits per heavy atom. The van der Waals surface area contributed by atoms with Crippen molar-refractivity contribution < 1.29 is 18.3 Å². The van der Waals surface area contributed by atoms with E-state index in [2.05, 4.69) is 9.97 Å². The average molecular weight is 308 g/mol. The normalized spacial score (nSPS) is 14.9. The van der Waals surface area contributed by atoms with Gasteiger partial charge in [0.25, 0.3) is 0 Å². The number of rotatable bonds is 3. The van der Waals surface area contributed by atoms with Crippen LogP contribution in [0, 0.1) is 11.6 Å². The maximum atomic E-state index is 13.6. The Hall–Kier alpha value is -2.48. The van der Waals surface area contributed by atoms with Gasteiger partial charge >= 0.3 is 0 Å². The molecule has 2 heterocycles. The van der Waals surface area contributed by atoms with E-state index in [1.165, 1.54) is 12.4 Å². The molecular weight excluding hydrogens is 294 g/mol. The number of benzene rings is 1. The summed E-state index contributed by atoms with van der Waals surface area (Å²) in [5, 5.41) is 0. The highest BCUT2D eigenvalue weighted by atomic mass is 19.1. The van der Waals surface area contributed by atoms with Gasteiger partial charge in [0.2, 0.25) is 5.88 Å². The monoisotopic (exact) mass is 308 g/mol. The minimum Gasteiger partial charge on any atom is -0.434 e. The van der Waals surface area contributed by atoms with E-state index >= 15 is 0 Å². The Bertz CT molecular complexity index is 678. The van der Waals surface area contributed by atoms with Gasteiger partial charge in [-0.3, -0.25) is 0 Å². The van der Waals surface area contributed by atoms with Crippen LogP contribution in [0.2, 0.25) is 0 Å². The number of halogens is 2. The van der Waals surface area contributed by atoms with Crippen molar-refractivity contribution in [3.63, 3.8) is 0 Å². The molecule has 0 unspecified atom stereocenters. The van der Waals surface area contributed by atoms with E-state index in [1.54, 1.807) is 0 Å². The van der Waals surface area contributed by atoms with Gasteiger partial charge < -0.3 is 20.1 Å². The first-order valence-corrected chi connectivity index (χ1v) is 6.71. The first-order valence-electron chi connectivity index (χ1n) is 6.71. The second-order valence-electron chi connectivity index (χ2n) is 4.69. The average Bonchev–Trinajstić information content (AvgIpc) is 2.53. The molecule has 1 aromatic heterocycles. The Morgan fingerprint density at radius 1 is 1.18 bits per heavy atom. The predicted molar refractivity (Wildman–Crippen MR) is 75.9 cm³/mol. The smallest absolute Gasteiger partial charge is 0.248 e. The minimum absolute atomic E-state index is 0.0296. The lowest BCUT2D eigenvalue weighted by Gasteiger charge is -2.28. The highest BCUT2D eigenvalue weighted by molar-refractivity contribution is 5.68. The third kappa shape index (κ3) is 2.91. The topological polar surface area (TPSA) is 73.5 Å². The van der Waals surface area contributed by atoms with Crippen LogP contribution in [0.3, 0.4) is 0 Å². The lowest BCUT2D eigenvalue weighted by atomic mass is 10.3. The van der Waals surface area contributed by atoms with Crippen molar-refractivity contribution in [2.75, 3.05) is 36.9 Å². The SMILES string of the molecule is Nc1c(Oc2ccc(F)cc2F)ncnc1N1CCOCC1. The molecule has 1 saturated heterocycles. The van der Waals surface area contributed by atoms with Crippen molar-refractivity contribution in [3.05, 3.63) is 36.2 Å². The molecule has 1 aliphatic heterocycles. The number of anilines is 2. The third-order valence-corrected chi connectivity index (χ3v) is 3.24. The molecule has 2 N–H and O–H groups in total. The summed E-state index contributed by atoms with van der Waals surface area (Å²) < 4.78 is 37.2. The van der Waals surface area contributed by atoms with Gasteiger partial charge in [0, 0.05) is 19.2 Å². The fraction of sp³-hybridized carbons (Fsp3) is 0.286. The van der Waals surface area contributed by atoms with E-state index < -0.39 is 11.6 Å². The zero-order valence-electron chi connectivity index (χ0n) is 11.6. The lowest BCUT2D eigenvalue weighted by molar-refractivity contribution is 0.122. The number of nitrogens with zero attached hydrogens (tertiary/aromatic N) is 3. The number of hydrogen-bond donors (Lipinski definition) is 1. The molecule has 0 saturated carbocycles. The van der Waals surface area contributed by atoms with E-state index in [-0.39, 0.29) is 17.3 Å². The Labute approximate surface area is 125 Å². The van der Waals surface area contributed by atoms with Gasteiger partial charge in [-0.15, -0.1) is 0 Å². The molecule has 1 aliphatic rings. The fourth-order valence-corrected chi connectivity index (χ4v) is 2.14. The van der Waals surface area contributed by atoms with Gasteiger partial charge in [-0.25, -0.2) is 13.8 Å². The Balaban J connectivity index is 1.87. The van der Waals surface area contributed by atoms with Crippen molar-refractivity contribution in [2.24, 2.45) is 0 Å². The summed E-state index contributed by atoms with van der Waals surface area (Å²) in [5.41, 5.74) is 6.21. The minimum atomic E-state index is -0.828. The maximum absolute atomic E-state index is 13.6. The van der Waals surface area contributed by atoms with E-state index in [0.29, 0.717) is 32.1 Å². The first-order chi connectivity index (χ1) is 10.6. The second-order valence-corrected chi connectivity index (χ2v) is 4.69. The maximum Gasteiger partial charge on any atom is 0.248 e. The zero-order chi connectivity index (χ0) is 15.5. The van der Waals surface area contributed by atoms with Crippen LogP contribution in [-0.4, -0.2) is 36.3 Å². The number of morpholine rings is 1. The van der Waals surface area contributed by atoms with E-state index in [1.807, 2.05) is 4.90 Å². The van der Waals surface area contributed by atoms with Crippen LogP contribution in [-0.2, 0) is 4.74 Å². The number of ether oxygens (including phenoxy) is 2. The standard InChI is InChI=1S/C14H14F2N4O2/c15-9-1-2-11(10(16)7-9)22-14-12(17)13(18-8-19-14)20-3-5-21-6-4-20/h1-2,7-8H,3-6,17H2. The van der Waals surface area contributed by atoms with Crippen LogP contribution in [0.4, 0.5) is 20.3 Å². The molecule has 8 heteroatoms. The molecule has 0 aliphatic carbocycles. The molecule has 1 aromatic carbocycles. The van der Waals surface area contributed by atoms with Crippen molar-refractivity contribution in [2.45, 2.75) is 0 Å². The van der Waals surface area contributed by atoms with Gasteiger partial charge in [-0.2, -0.15) is 4.98 Å². The summed E-state index contributed by atoms with van der Waals surface area (Å²) in [6.45, 7) is 2.44. The Morgan fingerprint density at radius 3 is 2.68 bits per heavy atom. The van der Waals surface area contributed by atoms with Crippen LogP contribution in [0.1, 0.15) is 0 Å². The molecule has 3 rings (SSSR count). The van der Waals surface area contributed by atoms with Gasteiger partial charge in [0.05, 0.1) is 13.2 Å². The molecule has 0 atom stereocenters. The highest BCUT2D eigenvalue weighted by Crippen LogP contribution is 2.32. The number of hydrogen-bond acceptors (Lipinski definition) is 6. The third-order valence-electron chi connectivity index (χ3n) is 3.24. The summed E-state index contributed by atoms with van der Waals surface area (Å²) in [5.74, 6) is -1.13. The molecule has 0 spiro atoms. The van der Waals surface area contributed by atoms with Gasteiger partial charge in [-0.05, 0) is 12.1 Å².